The van der Waals surface area contributed by atoms with Gasteiger partial charge in [0.1, 0.15) is 25.7 Å². The van der Waals surface area contributed by atoms with Crippen molar-refractivity contribution in [3.63, 3.8) is 0 Å². The van der Waals surface area contributed by atoms with Crippen LogP contribution in [0.15, 0.2) is 12.2 Å². The molecule has 3 nitrogen and oxygen atoms in total. The van der Waals surface area contributed by atoms with E-state index in [1.54, 1.807) is 0 Å². The Hall–Kier alpha value is 1.03. The van der Waals surface area contributed by atoms with Crippen LogP contribution in [0.5, 0.6) is 0 Å². The summed E-state index contributed by atoms with van der Waals surface area (Å²) < 4.78 is 17.1. The topological polar surface area (TPSA) is 27.7 Å². The van der Waals surface area contributed by atoms with E-state index in [9.17, 15) is 0 Å². The molecule has 0 aromatic heterocycles. The number of rotatable bonds is 4. The van der Waals surface area contributed by atoms with Gasteiger partial charge in [-0.15, -0.1) is 0 Å². The van der Waals surface area contributed by atoms with Gasteiger partial charge < -0.3 is 14.0 Å². The summed E-state index contributed by atoms with van der Waals surface area (Å²) in [6.07, 6.45) is 4.03. The van der Waals surface area contributed by atoms with Gasteiger partial charge in [-0.05, 0) is 64.2 Å². The molecule has 8 heteroatoms. The van der Waals surface area contributed by atoms with Crippen LogP contribution in [0.2, 0.25) is 0 Å². The monoisotopic (exact) mass is 430 g/mol. The molecule has 0 spiro atoms. The van der Waals surface area contributed by atoms with Gasteiger partial charge >= 0.3 is 0 Å². The van der Waals surface area contributed by atoms with E-state index in [4.69, 9.17) is 33.7 Å². The molecule has 0 unspecified atom stereocenters. The molecule has 1 aliphatic carbocycles. The Morgan fingerprint density at radius 1 is 1.50 bits per heavy atom. The molecule has 9 atom stereocenters. The fourth-order valence-corrected chi connectivity index (χ4v) is 18.9. The lowest BCUT2D eigenvalue weighted by atomic mass is 9.79. The summed E-state index contributed by atoms with van der Waals surface area (Å²) in [5.41, 5.74) is 0.852. The summed E-state index contributed by atoms with van der Waals surface area (Å²) in [6, 6.07) is -0.416. The Bertz CT molecular complexity index is 664. The van der Waals surface area contributed by atoms with E-state index in [0.717, 1.165) is 6.42 Å². The van der Waals surface area contributed by atoms with Gasteiger partial charge in [0.05, 0.1) is 6.10 Å². The van der Waals surface area contributed by atoms with Crippen LogP contribution < -0.4 is 0 Å². The highest BCUT2D eigenvalue weighted by Crippen LogP contribution is 2.85. The maximum atomic E-state index is 6.73. The van der Waals surface area contributed by atoms with Gasteiger partial charge in [0.2, 0.25) is 0 Å². The molecular weight excluding hydrogens is 402 g/mol. The second kappa shape index (κ2) is 6.79. The van der Waals surface area contributed by atoms with Crippen molar-refractivity contribution in [2.45, 2.75) is 93.3 Å². The van der Waals surface area contributed by atoms with Gasteiger partial charge in [-0.25, -0.2) is 0 Å². The number of fused-ring (bicyclic) bond motifs is 3. The van der Waals surface area contributed by atoms with Crippen LogP contribution in [0.1, 0.15) is 53.4 Å². The number of hydrogen-bond donors (Lipinski definition) is 0. The lowest BCUT2D eigenvalue weighted by molar-refractivity contribution is -0.157. The molecule has 3 heterocycles. The van der Waals surface area contributed by atoms with Gasteiger partial charge in [-0.2, -0.15) is 0 Å². The third kappa shape index (κ3) is 3.03. The summed E-state index contributed by atoms with van der Waals surface area (Å²) in [5.74, 6) is 0.618. The first-order valence-electron chi connectivity index (χ1n) is 9.54. The summed E-state index contributed by atoms with van der Waals surface area (Å²) in [5, 5.41) is 0.540. The maximum absolute atomic E-state index is 6.73. The lowest BCUT2D eigenvalue weighted by Crippen LogP contribution is -2.46. The minimum Gasteiger partial charge on any atom is -0.373 e. The van der Waals surface area contributed by atoms with Crippen LogP contribution in [-0.4, -0.2) is 47.8 Å². The van der Waals surface area contributed by atoms with Gasteiger partial charge in [-0.1, -0.05) is 41.8 Å². The molecule has 1 saturated carbocycles. The first-order valence-corrected chi connectivity index (χ1v) is 15.2. The van der Waals surface area contributed by atoms with Crippen molar-refractivity contribution in [2.75, 3.05) is 0 Å². The van der Waals surface area contributed by atoms with Crippen molar-refractivity contribution in [3.8, 4) is 0 Å². The Kier molecular flexibility index (Phi) is 5.30. The molecule has 3 aliphatic heterocycles. The zero-order valence-electron chi connectivity index (χ0n) is 16.0. The lowest BCUT2D eigenvalue weighted by Gasteiger charge is -2.38. The average molecular weight is 430 g/mol. The molecule has 144 valence electrons. The van der Waals surface area contributed by atoms with Crippen molar-refractivity contribution < 1.29 is 14.0 Å². The van der Waals surface area contributed by atoms with Crippen molar-refractivity contribution in [1.82, 2.24) is 0 Å². The number of ether oxygens (including phenoxy) is 2. The van der Waals surface area contributed by atoms with E-state index < -0.39 is 16.3 Å². The largest absolute Gasteiger partial charge is 0.373 e. The molecule has 2 radical (unpaired) electrons. The average Bonchev–Trinajstić information content (AvgIpc) is 3.08. The number of allylic oxidation sites excluding steroid dienone is 1. The first kappa shape index (κ1) is 20.3. The van der Waals surface area contributed by atoms with Crippen LogP contribution >= 0.6 is 27.4 Å². The molecule has 4 fully saturated rings. The van der Waals surface area contributed by atoms with E-state index >= 15 is 0 Å². The third-order valence-electron chi connectivity index (χ3n) is 6.75. The normalized spacial score (nSPS) is 55.8. The molecule has 0 N–H and O–H groups in total. The number of hydrogen-bond acceptors (Lipinski definition) is 6. The standard InChI is InChI=1S/C18H28BO3PS3/c1-6-18-11(4)20-14(16(19)21-18)15(18)22-23(24)25-13-9-12(10(2)3)7-8-17(13,5)26-23/h11-16H,2,6-9H2,1,3-5H3/t11-,12+,13-,14+,15-,16+,17-,18-,23+/m0/s1. The molecule has 0 aromatic rings. The van der Waals surface area contributed by atoms with Crippen molar-refractivity contribution in [1.29, 1.82) is 0 Å². The Morgan fingerprint density at radius 2 is 2.23 bits per heavy atom. The second-order valence-electron chi connectivity index (χ2n) is 8.42. The van der Waals surface area contributed by atoms with Crippen LogP contribution in [0.25, 0.3) is 0 Å². The van der Waals surface area contributed by atoms with E-state index in [0.29, 0.717) is 11.2 Å². The van der Waals surface area contributed by atoms with Gasteiger partial charge in [-0.3, -0.25) is 0 Å². The SMILES string of the molecule is [B][C@@H]1O[C@@]2(CC)[C@H](C)O[C@@H]1[C@@H]2O[P@@]1(=S)S[C@H]2C[C@H](C(=C)C)CC[C@]2(C)S1. The molecule has 3 saturated heterocycles. The summed E-state index contributed by atoms with van der Waals surface area (Å²) in [4.78, 5) is 0. The van der Waals surface area contributed by atoms with Crippen LogP contribution in [0.4, 0.5) is 0 Å². The smallest absolute Gasteiger partial charge is 0.175 e. The van der Waals surface area contributed by atoms with Crippen molar-refractivity contribution in [2.24, 2.45) is 5.92 Å². The second-order valence-corrected chi connectivity index (χ2v) is 19.3. The van der Waals surface area contributed by atoms with Crippen molar-refractivity contribution >= 4 is 47.1 Å². The minimum absolute atomic E-state index is 0.00726. The fraction of sp³-hybridized carbons (Fsp3) is 0.889. The van der Waals surface area contributed by atoms with Crippen LogP contribution in [0, 0.1) is 5.92 Å². The Morgan fingerprint density at radius 3 is 2.88 bits per heavy atom. The predicted octanol–water partition coefficient (Wildman–Crippen LogP) is 5.04. The van der Waals surface area contributed by atoms with Gasteiger partial charge in [0.25, 0.3) is 0 Å². The molecule has 0 aromatic carbocycles. The highest BCUT2D eigenvalue weighted by atomic mass is 33.2. The zero-order chi connectivity index (χ0) is 18.9. The molecule has 26 heavy (non-hydrogen) atoms. The first-order chi connectivity index (χ1) is 12.1. The minimum atomic E-state index is -2.07. The fourth-order valence-electron chi connectivity index (χ4n) is 4.96. The molecular formula is C18H28BO3PS3. The quantitative estimate of drug-likeness (QED) is 0.353. The molecule has 4 aliphatic rings. The van der Waals surface area contributed by atoms with E-state index in [-0.39, 0.29) is 23.1 Å². The summed E-state index contributed by atoms with van der Waals surface area (Å²) >= 11 is 9.99. The van der Waals surface area contributed by atoms with Crippen molar-refractivity contribution in [3.05, 3.63) is 12.2 Å². The molecule has 2 bridgehead atoms. The van der Waals surface area contributed by atoms with Crippen LogP contribution in [-0.2, 0) is 25.8 Å². The highest BCUT2D eigenvalue weighted by Gasteiger charge is 2.65. The van der Waals surface area contributed by atoms with E-state index in [1.165, 1.54) is 24.8 Å². The molecule has 4 rings (SSSR count). The third-order valence-corrected chi connectivity index (χ3v) is 16.9. The predicted molar refractivity (Wildman–Crippen MR) is 117 cm³/mol. The summed E-state index contributed by atoms with van der Waals surface area (Å²) in [7, 11) is 6.17. The highest BCUT2D eigenvalue weighted by molar-refractivity contribution is 9.01. The maximum Gasteiger partial charge on any atom is 0.175 e. The molecule has 0 amide bonds. The van der Waals surface area contributed by atoms with E-state index in [1.807, 2.05) is 22.8 Å². The Labute approximate surface area is 172 Å². The van der Waals surface area contributed by atoms with Gasteiger partial charge in [0, 0.05) is 16.0 Å². The van der Waals surface area contributed by atoms with E-state index in [2.05, 4.69) is 34.3 Å². The summed E-state index contributed by atoms with van der Waals surface area (Å²) in [6.45, 7) is 12.9. The Balaban J connectivity index is 1.54. The van der Waals surface area contributed by atoms with Crippen LogP contribution in [0.3, 0.4) is 0 Å². The zero-order valence-corrected chi connectivity index (χ0v) is 19.3. The van der Waals surface area contributed by atoms with Gasteiger partial charge in [0.15, 0.2) is 4.67 Å².